The lowest BCUT2D eigenvalue weighted by molar-refractivity contribution is 0.240. The van der Waals surface area contributed by atoms with Gasteiger partial charge in [0.2, 0.25) is 5.95 Å². The van der Waals surface area contributed by atoms with Gasteiger partial charge in [-0.25, -0.2) is 9.97 Å². The molecule has 0 spiro atoms. The average Bonchev–Trinajstić information content (AvgIpc) is 3.02. The topological polar surface area (TPSA) is 90.9 Å². The quantitative estimate of drug-likeness (QED) is 0.482. The smallest absolute Gasteiger partial charge is 0.222 e. The van der Waals surface area contributed by atoms with Gasteiger partial charge in [0, 0.05) is 18.2 Å². The summed E-state index contributed by atoms with van der Waals surface area (Å²) < 4.78 is 8.03. The highest BCUT2D eigenvalue weighted by Crippen LogP contribution is 2.22. The van der Waals surface area contributed by atoms with Gasteiger partial charge in [-0.3, -0.25) is 0 Å². The number of benzene rings is 2. The maximum atomic E-state index is 5.99. The van der Waals surface area contributed by atoms with Crippen LogP contribution in [0.25, 0.3) is 11.0 Å². The van der Waals surface area contributed by atoms with E-state index in [0.717, 1.165) is 33.9 Å². The van der Waals surface area contributed by atoms with Gasteiger partial charge in [-0.1, -0.05) is 30.3 Å². The SMILES string of the molecule is Cc1nc2ccccc2n1Cc1cc(NCc2ccccc2OC(C)C)nc(N)n1. The van der Waals surface area contributed by atoms with Crippen molar-refractivity contribution in [2.24, 2.45) is 0 Å². The Morgan fingerprint density at radius 3 is 2.63 bits per heavy atom. The maximum Gasteiger partial charge on any atom is 0.222 e. The molecule has 0 fully saturated rings. The van der Waals surface area contributed by atoms with Crippen molar-refractivity contribution in [3.05, 3.63) is 71.7 Å². The summed E-state index contributed by atoms with van der Waals surface area (Å²) in [6, 6.07) is 18.0. The molecule has 2 aromatic carbocycles. The molecule has 30 heavy (non-hydrogen) atoms. The van der Waals surface area contributed by atoms with Gasteiger partial charge in [0.1, 0.15) is 17.4 Å². The lowest BCUT2D eigenvalue weighted by Gasteiger charge is -2.15. The maximum absolute atomic E-state index is 5.99. The molecule has 3 N–H and O–H groups in total. The molecule has 0 aliphatic carbocycles. The predicted octanol–water partition coefficient (Wildman–Crippen LogP) is 4.16. The Labute approximate surface area is 175 Å². The first kappa shape index (κ1) is 19.7. The van der Waals surface area contributed by atoms with E-state index in [4.69, 9.17) is 10.5 Å². The minimum Gasteiger partial charge on any atom is -0.491 e. The van der Waals surface area contributed by atoms with Crippen molar-refractivity contribution in [3.63, 3.8) is 0 Å². The van der Waals surface area contributed by atoms with E-state index in [2.05, 4.69) is 30.9 Å². The number of nitrogens with zero attached hydrogens (tertiary/aromatic N) is 4. The molecule has 0 aliphatic rings. The van der Waals surface area contributed by atoms with Crippen LogP contribution in [-0.4, -0.2) is 25.6 Å². The molecule has 7 heteroatoms. The Balaban J connectivity index is 1.55. The zero-order chi connectivity index (χ0) is 21.1. The normalized spacial score (nSPS) is 11.2. The van der Waals surface area contributed by atoms with Crippen LogP contribution >= 0.6 is 0 Å². The number of fused-ring (bicyclic) bond motifs is 1. The number of rotatable bonds is 7. The summed E-state index contributed by atoms with van der Waals surface area (Å²) in [6.07, 6.45) is 0.112. The third kappa shape index (κ3) is 4.35. The first-order valence-corrected chi connectivity index (χ1v) is 10.0. The first-order valence-electron chi connectivity index (χ1n) is 10.0. The number of para-hydroxylation sites is 3. The number of ether oxygens (including phenoxy) is 1. The average molecular weight is 403 g/mol. The van der Waals surface area contributed by atoms with Gasteiger partial charge in [0.25, 0.3) is 0 Å². The minimum atomic E-state index is 0.112. The predicted molar refractivity (Wildman–Crippen MR) is 120 cm³/mol. The van der Waals surface area contributed by atoms with E-state index < -0.39 is 0 Å². The number of aryl methyl sites for hydroxylation is 1. The van der Waals surface area contributed by atoms with Crippen LogP contribution in [0.5, 0.6) is 5.75 Å². The van der Waals surface area contributed by atoms with E-state index in [-0.39, 0.29) is 12.1 Å². The molecule has 0 amide bonds. The molecular formula is C23H26N6O. The number of aromatic nitrogens is 4. The van der Waals surface area contributed by atoms with Crippen LogP contribution in [0.15, 0.2) is 54.6 Å². The van der Waals surface area contributed by atoms with Crippen LogP contribution in [0.3, 0.4) is 0 Å². The fourth-order valence-electron chi connectivity index (χ4n) is 3.45. The second-order valence-corrected chi connectivity index (χ2v) is 7.46. The van der Waals surface area contributed by atoms with Crippen molar-refractivity contribution >= 4 is 22.8 Å². The molecule has 154 valence electrons. The number of hydrogen-bond donors (Lipinski definition) is 2. The monoisotopic (exact) mass is 402 g/mol. The van der Waals surface area contributed by atoms with E-state index in [9.17, 15) is 0 Å². The third-order valence-corrected chi connectivity index (χ3v) is 4.76. The molecule has 7 nitrogen and oxygen atoms in total. The van der Waals surface area contributed by atoms with Crippen molar-refractivity contribution in [3.8, 4) is 5.75 Å². The van der Waals surface area contributed by atoms with Crippen molar-refractivity contribution in [2.45, 2.75) is 40.0 Å². The number of nitrogens with one attached hydrogen (secondary N) is 1. The second kappa shape index (κ2) is 8.41. The van der Waals surface area contributed by atoms with E-state index in [1.165, 1.54) is 0 Å². The standard InChI is InChI=1S/C23H26N6O/c1-15(2)30-21-11-7-4-8-17(21)13-25-22-12-18(27-23(24)28-22)14-29-16(3)26-19-9-5-6-10-20(19)29/h4-12,15H,13-14H2,1-3H3,(H3,24,25,27,28). The largest absolute Gasteiger partial charge is 0.491 e. The molecule has 4 rings (SSSR count). The van der Waals surface area contributed by atoms with Gasteiger partial charge in [0.15, 0.2) is 0 Å². The Bertz CT molecular complexity index is 1170. The third-order valence-electron chi connectivity index (χ3n) is 4.76. The zero-order valence-corrected chi connectivity index (χ0v) is 17.5. The Kier molecular flexibility index (Phi) is 5.52. The number of nitrogen functional groups attached to an aromatic ring is 1. The summed E-state index contributed by atoms with van der Waals surface area (Å²) in [4.78, 5) is 13.4. The Morgan fingerprint density at radius 1 is 1.03 bits per heavy atom. The van der Waals surface area contributed by atoms with Gasteiger partial charge >= 0.3 is 0 Å². The summed E-state index contributed by atoms with van der Waals surface area (Å²) >= 11 is 0. The number of anilines is 2. The van der Waals surface area contributed by atoms with Crippen molar-refractivity contribution < 1.29 is 4.74 Å². The fraction of sp³-hybridized carbons (Fsp3) is 0.261. The zero-order valence-electron chi connectivity index (χ0n) is 17.5. The highest BCUT2D eigenvalue weighted by atomic mass is 16.5. The molecule has 0 saturated heterocycles. The molecule has 0 aliphatic heterocycles. The minimum absolute atomic E-state index is 0.112. The van der Waals surface area contributed by atoms with Crippen LogP contribution < -0.4 is 15.8 Å². The van der Waals surface area contributed by atoms with Crippen LogP contribution in [0, 0.1) is 6.92 Å². The van der Waals surface area contributed by atoms with Crippen LogP contribution in [0.2, 0.25) is 0 Å². The molecular weight excluding hydrogens is 376 g/mol. The summed E-state index contributed by atoms with van der Waals surface area (Å²) in [6.45, 7) is 7.18. The van der Waals surface area contributed by atoms with E-state index in [1.54, 1.807) is 0 Å². The molecule has 0 saturated carbocycles. The van der Waals surface area contributed by atoms with Crippen LogP contribution in [-0.2, 0) is 13.1 Å². The summed E-state index contributed by atoms with van der Waals surface area (Å²) in [5.41, 5.74) is 9.91. The van der Waals surface area contributed by atoms with Crippen LogP contribution in [0.1, 0.15) is 30.9 Å². The lowest BCUT2D eigenvalue weighted by Crippen LogP contribution is -2.11. The van der Waals surface area contributed by atoms with Gasteiger partial charge in [-0.2, -0.15) is 4.98 Å². The molecule has 0 radical (unpaired) electrons. The molecule has 2 aromatic heterocycles. The molecule has 0 unspecified atom stereocenters. The summed E-state index contributed by atoms with van der Waals surface area (Å²) in [5.74, 6) is 2.72. The molecule has 4 aromatic rings. The number of imidazole rings is 1. The highest BCUT2D eigenvalue weighted by molar-refractivity contribution is 5.76. The van der Waals surface area contributed by atoms with E-state index >= 15 is 0 Å². The van der Waals surface area contributed by atoms with Gasteiger partial charge in [-0.05, 0) is 39.0 Å². The summed E-state index contributed by atoms with van der Waals surface area (Å²) in [5, 5.41) is 3.35. The van der Waals surface area contributed by atoms with E-state index in [0.29, 0.717) is 18.9 Å². The molecule has 2 heterocycles. The van der Waals surface area contributed by atoms with E-state index in [1.807, 2.05) is 69.3 Å². The van der Waals surface area contributed by atoms with Gasteiger partial charge in [-0.15, -0.1) is 0 Å². The van der Waals surface area contributed by atoms with Crippen molar-refractivity contribution in [1.29, 1.82) is 0 Å². The Morgan fingerprint density at radius 2 is 1.80 bits per heavy atom. The van der Waals surface area contributed by atoms with Gasteiger partial charge < -0.3 is 20.4 Å². The molecule has 0 bridgehead atoms. The molecule has 0 atom stereocenters. The second-order valence-electron chi connectivity index (χ2n) is 7.46. The lowest BCUT2D eigenvalue weighted by atomic mass is 10.2. The number of nitrogens with two attached hydrogens (primary N) is 1. The summed E-state index contributed by atoms with van der Waals surface area (Å²) in [7, 11) is 0. The van der Waals surface area contributed by atoms with Gasteiger partial charge in [0.05, 0.1) is 29.4 Å². The van der Waals surface area contributed by atoms with Crippen molar-refractivity contribution in [1.82, 2.24) is 19.5 Å². The number of hydrogen-bond acceptors (Lipinski definition) is 6. The van der Waals surface area contributed by atoms with Crippen LogP contribution in [0.4, 0.5) is 11.8 Å². The Hall–Kier alpha value is -3.61. The first-order chi connectivity index (χ1) is 14.5. The fourth-order valence-corrected chi connectivity index (χ4v) is 3.45. The van der Waals surface area contributed by atoms with Crippen molar-refractivity contribution in [2.75, 3.05) is 11.1 Å². The highest BCUT2D eigenvalue weighted by Gasteiger charge is 2.11.